The number of carbonyl (C=O) groups is 3. The first kappa shape index (κ1) is 12.7. The van der Waals surface area contributed by atoms with Crippen molar-refractivity contribution in [3.63, 3.8) is 0 Å². The SMILES string of the molecule is COC(=O)CC1=C(Br)C(=O)c2ccccc2C1=O. The molecule has 2 rings (SSSR count). The van der Waals surface area contributed by atoms with Crippen LogP contribution in [-0.2, 0) is 9.53 Å². The van der Waals surface area contributed by atoms with Crippen LogP contribution >= 0.6 is 15.9 Å². The predicted octanol–water partition coefficient (Wildman–Crippen LogP) is 2.28. The Balaban J connectivity index is 2.50. The third-order valence-corrected chi connectivity index (χ3v) is 3.54. The number of fused-ring (bicyclic) bond motifs is 1. The van der Waals surface area contributed by atoms with Crippen LogP contribution in [0.3, 0.4) is 0 Å². The van der Waals surface area contributed by atoms with E-state index in [4.69, 9.17) is 0 Å². The predicted molar refractivity (Wildman–Crippen MR) is 67.7 cm³/mol. The summed E-state index contributed by atoms with van der Waals surface area (Å²) in [6.45, 7) is 0. The van der Waals surface area contributed by atoms with Gasteiger partial charge in [0.1, 0.15) is 0 Å². The summed E-state index contributed by atoms with van der Waals surface area (Å²) in [6.07, 6.45) is -0.212. The molecule has 0 N–H and O–H groups in total. The minimum absolute atomic E-state index is 0.136. The number of hydrogen-bond donors (Lipinski definition) is 0. The van der Waals surface area contributed by atoms with Gasteiger partial charge in [0.2, 0.25) is 5.78 Å². The second-order valence-corrected chi connectivity index (χ2v) is 4.54. The van der Waals surface area contributed by atoms with E-state index in [2.05, 4.69) is 20.7 Å². The maximum absolute atomic E-state index is 12.2. The van der Waals surface area contributed by atoms with Gasteiger partial charge in [-0.3, -0.25) is 14.4 Å². The highest BCUT2D eigenvalue weighted by Crippen LogP contribution is 2.31. The molecular formula is C13H9BrO4. The summed E-state index contributed by atoms with van der Waals surface area (Å²) in [5.74, 6) is -1.16. The number of carbonyl (C=O) groups excluding carboxylic acids is 3. The van der Waals surface area contributed by atoms with Crippen LogP contribution in [0.1, 0.15) is 27.1 Å². The zero-order valence-corrected chi connectivity index (χ0v) is 11.1. The van der Waals surface area contributed by atoms with Crippen molar-refractivity contribution < 1.29 is 19.1 Å². The van der Waals surface area contributed by atoms with Gasteiger partial charge in [0.05, 0.1) is 18.0 Å². The fourth-order valence-corrected chi connectivity index (χ4v) is 2.30. The number of ether oxygens (including phenoxy) is 1. The van der Waals surface area contributed by atoms with Gasteiger partial charge in [-0.15, -0.1) is 0 Å². The topological polar surface area (TPSA) is 60.4 Å². The van der Waals surface area contributed by atoms with Crippen molar-refractivity contribution in [2.75, 3.05) is 7.11 Å². The average molecular weight is 309 g/mol. The van der Waals surface area contributed by atoms with Gasteiger partial charge < -0.3 is 4.74 Å². The Morgan fingerprint density at radius 1 is 1.17 bits per heavy atom. The van der Waals surface area contributed by atoms with E-state index in [-0.39, 0.29) is 28.0 Å². The Bertz CT molecular complexity index is 586. The molecule has 1 aromatic carbocycles. The van der Waals surface area contributed by atoms with Gasteiger partial charge in [0, 0.05) is 16.7 Å². The van der Waals surface area contributed by atoms with Crippen LogP contribution in [-0.4, -0.2) is 24.6 Å². The van der Waals surface area contributed by atoms with Crippen molar-refractivity contribution in [3.8, 4) is 0 Å². The van der Waals surface area contributed by atoms with Crippen LogP contribution in [0.4, 0.5) is 0 Å². The van der Waals surface area contributed by atoms with E-state index in [1.54, 1.807) is 24.3 Å². The van der Waals surface area contributed by atoms with Crippen LogP contribution in [0, 0.1) is 0 Å². The Labute approximate surface area is 112 Å². The van der Waals surface area contributed by atoms with E-state index in [1.165, 1.54) is 7.11 Å². The van der Waals surface area contributed by atoms with Crippen molar-refractivity contribution in [2.24, 2.45) is 0 Å². The Morgan fingerprint density at radius 2 is 1.72 bits per heavy atom. The summed E-state index contributed by atoms with van der Waals surface area (Å²) in [5, 5.41) is 0. The standard InChI is InChI=1S/C13H9BrO4/c1-18-10(15)6-9-11(14)13(17)8-5-3-2-4-7(8)12(9)16/h2-5H,6H2,1H3. The van der Waals surface area contributed by atoms with Crippen LogP contribution in [0.5, 0.6) is 0 Å². The molecule has 0 radical (unpaired) electrons. The second-order valence-electron chi connectivity index (χ2n) is 3.75. The highest BCUT2D eigenvalue weighted by atomic mass is 79.9. The van der Waals surface area contributed by atoms with Gasteiger partial charge >= 0.3 is 5.97 Å². The summed E-state index contributed by atoms with van der Waals surface area (Å²) in [6, 6.07) is 6.53. The van der Waals surface area contributed by atoms with Crippen LogP contribution in [0.2, 0.25) is 0 Å². The lowest BCUT2D eigenvalue weighted by Gasteiger charge is -2.16. The number of rotatable bonds is 2. The minimum Gasteiger partial charge on any atom is -0.469 e. The molecule has 0 saturated carbocycles. The fourth-order valence-electron chi connectivity index (χ4n) is 1.77. The fraction of sp³-hybridized carbons (Fsp3) is 0.154. The maximum atomic E-state index is 12.2. The zero-order valence-electron chi connectivity index (χ0n) is 9.53. The van der Waals surface area contributed by atoms with E-state index < -0.39 is 5.97 Å². The monoisotopic (exact) mass is 308 g/mol. The first-order chi connectivity index (χ1) is 8.56. The van der Waals surface area contributed by atoms with Crippen LogP contribution in [0.15, 0.2) is 34.3 Å². The smallest absolute Gasteiger partial charge is 0.310 e. The summed E-state index contributed by atoms with van der Waals surface area (Å²) in [4.78, 5) is 35.5. The number of hydrogen-bond acceptors (Lipinski definition) is 4. The molecule has 1 aliphatic carbocycles. The largest absolute Gasteiger partial charge is 0.469 e. The molecule has 0 bridgehead atoms. The Kier molecular flexibility index (Phi) is 3.43. The molecule has 0 heterocycles. The van der Waals surface area contributed by atoms with Gasteiger partial charge in [-0.1, -0.05) is 24.3 Å². The minimum atomic E-state index is -0.553. The van der Waals surface area contributed by atoms with E-state index in [1.807, 2.05) is 0 Å². The number of ketones is 2. The average Bonchev–Trinajstić information content (AvgIpc) is 2.40. The molecule has 0 atom stereocenters. The molecule has 0 amide bonds. The molecule has 0 unspecified atom stereocenters. The van der Waals surface area contributed by atoms with E-state index in [0.717, 1.165) is 0 Å². The second kappa shape index (κ2) is 4.86. The van der Waals surface area contributed by atoms with Gasteiger partial charge in [-0.05, 0) is 15.9 Å². The number of allylic oxidation sites excluding steroid dienone is 1. The van der Waals surface area contributed by atoms with Gasteiger partial charge in [-0.2, -0.15) is 0 Å². The van der Waals surface area contributed by atoms with Gasteiger partial charge in [0.15, 0.2) is 5.78 Å². The lowest BCUT2D eigenvalue weighted by Crippen LogP contribution is -2.21. The lowest BCUT2D eigenvalue weighted by atomic mass is 9.88. The number of Topliss-reactive ketones (excluding diaryl/α,β-unsaturated/α-hetero) is 2. The lowest BCUT2D eigenvalue weighted by molar-refractivity contribution is -0.139. The molecule has 0 fully saturated rings. The number of methoxy groups -OCH3 is 1. The molecular weight excluding hydrogens is 300 g/mol. The molecule has 0 saturated heterocycles. The molecule has 0 aliphatic heterocycles. The van der Waals surface area contributed by atoms with Gasteiger partial charge in [0.25, 0.3) is 0 Å². The van der Waals surface area contributed by atoms with Crippen molar-refractivity contribution in [3.05, 3.63) is 45.4 Å². The van der Waals surface area contributed by atoms with E-state index in [9.17, 15) is 14.4 Å². The molecule has 4 nitrogen and oxygen atoms in total. The molecule has 0 spiro atoms. The number of benzene rings is 1. The third kappa shape index (κ3) is 2.01. The molecule has 5 heteroatoms. The summed E-state index contributed by atoms with van der Waals surface area (Å²) < 4.78 is 4.65. The van der Waals surface area contributed by atoms with Crippen LogP contribution in [0.25, 0.3) is 0 Å². The zero-order chi connectivity index (χ0) is 13.3. The normalized spacial score (nSPS) is 14.6. The molecule has 0 aromatic heterocycles. The van der Waals surface area contributed by atoms with Gasteiger partial charge in [-0.25, -0.2) is 0 Å². The number of halogens is 1. The summed E-state index contributed by atoms with van der Waals surface area (Å²) in [5.41, 5.74) is 0.818. The molecule has 1 aliphatic rings. The molecule has 18 heavy (non-hydrogen) atoms. The Morgan fingerprint density at radius 3 is 2.28 bits per heavy atom. The third-order valence-electron chi connectivity index (χ3n) is 2.70. The number of esters is 1. The first-order valence-corrected chi connectivity index (χ1v) is 5.99. The Hall–Kier alpha value is -1.75. The maximum Gasteiger partial charge on any atom is 0.310 e. The molecule has 1 aromatic rings. The van der Waals surface area contributed by atoms with E-state index >= 15 is 0 Å². The van der Waals surface area contributed by atoms with E-state index in [0.29, 0.717) is 11.1 Å². The quantitative estimate of drug-likeness (QED) is 0.786. The summed E-state index contributed by atoms with van der Waals surface area (Å²) in [7, 11) is 1.24. The first-order valence-electron chi connectivity index (χ1n) is 5.20. The van der Waals surface area contributed by atoms with Crippen molar-refractivity contribution in [1.29, 1.82) is 0 Å². The van der Waals surface area contributed by atoms with Crippen molar-refractivity contribution in [1.82, 2.24) is 0 Å². The highest BCUT2D eigenvalue weighted by Gasteiger charge is 2.31. The summed E-state index contributed by atoms with van der Waals surface area (Å²) >= 11 is 3.09. The highest BCUT2D eigenvalue weighted by molar-refractivity contribution is 9.12. The van der Waals surface area contributed by atoms with Crippen molar-refractivity contribution >= 4 is 33.5 Å². The molecule has 92 valence electrons. The van der Waals surface area contributed by atoms with Crippen molar-refractivity contribution in [2.45, 2.75) is 6.42 Å². The van der Waals surface area contributed by atoms with Crippen LogP contribution < -0.4 is 0 Å².